The van der Waals surface area contributed by atoms with Crippen LogP contribution in [0.25, 0.3) is 0 Å². The fourth-order valence-electron chi connectivity index (χ4n) is 2.00. The summed E-state index contributed by atoms with van der Waals surface area (Å²) in [7, 11) is 0. The molecule has 1 aromatic rings. The monoisotopic (exact) mass is 256 g/mol. The maximum absolute atomic E-state index is 9.34. The van der Waals surface area contributed by atoms with Crippen molar-refractivity contribution < 1.29 is 9.84 Å². The van der Waals surface area contributed by atoms with Gasteiger partial charge >= 0.3 is 0 Å². The molecule has 17 heavy (non-hydrogen) atoms. The van der Waals surface area contributed by atoms with E-state index in [9.17, 15) is 5.11 Å². The highest BCUT2D eigenvalue weighted by Crippen LogP contribution is 2.27. The molecule has 1 fully saturated rings. The van der Waals surface area contributed by atoms with Crippen molar-refractivity contribution in [2.75, 3.05) is 31.2 Å². The summed E-state index contributed by atoms with van der Waals surface area (Å²) in [6.07, 6.45) is 3.08. The molecule has 0 aliphatic carbocycles. The van der Waals surface area contributed by atoms with Crippen molar-refractivity contribution in [1.29, 1.82) is 0 Å². The molecule has 2 rings (SSSR count). The zero-order chi connectivity index (χ0) is 12.1. The minimum atomic E-state index is 0.108. The number of aliphatic hydroxyl groups is 1. The average molecular weight is 256 g/mol. The number of anilines is 1. The molecule has 5 heteroatoms. The summed E-state index contributed by atoms with van der Waals surface area (Å²) in [6, 6.07) is 0. The third-order valence-electron chi connectivity index (χ3n) is 2.89. The van der Waals surface area contributed by atoms with E-state index in [1.54, 1.807) is 11.3 Å². The van der Waals surface area contributed by atoms with Crippen molar-refractivity contribution in [3.8, 4) is 0 Å². The summed E-state index contributed by atoms with van der Waals surface area (Å²) in [4.78, 5) is 7.96. The van der Waals surface area contributed by atoms with E-state index < -0.39 is 0 Å². The molecule has 0 atom stereocenters. The third kappa shape index (κ3) is 3.18. The maximum Gasteiger partial charge on any atom is 0.185 e. The molecule has 1 aliphatic heterocycles. The normalized spacial score (nSPS) is 17.2. The van der Waals surface area contributed by atoms with Crippen molar-refractivity contribution >= 4 is 16.5 Å². The lowest BCUT2D eigenvalue weighted by atomic mass is 10.2. The summed E-state index contributed by atoms with van der Waals surface area (Å²) >= 11 is 1.62. The number of aromatic nitrogens is 1. The van der Waals surface area contributed by atoms with Crippen LogP contribution in [0.5, 0.6) is 0 Å². The van der Waals surface area contributed by atoms with Crippen molar-refractivity contribution in [3.63, 3.8) is 0 Å². The van der Waals surface area contributed by atoms with Crippen molar-refractivity contribution in [1.82, 2.24) is 4.98 Å². The van der Waals surface area contributed by atoms with Gasteiger partial charge < -0.3 is 14.7 Å². The van der Waals surface area contributed by atoms with Crippen LogP contribution in [0.4, 0.5) is 5.13 Å². The van der Waals surface area contributed by atoms with E-state index in [4.69, 9.17) is 4.74 Å². The third-order valence-corrected chi connectivity index (χ3v) is 4.03. The lowest BCUT2D eigenvalue weighted by molar-refractivity contribution is 0.152. The van der Waals surface area contributed by atoms with E-state index in [-0.39, 0.29) is 6.61 Å². The summed E-state index contributed by atoms with van der Waals surface area (Å²) < 4.78 is 5.44. The molecule has 0 aromatic carbocycles. The Morgan fingerprint density at radius 2 is 2.29 bits per heavy atom. The van der Waals surface area contributed by atoms with Gasteiger partial charge in [0.1, 0.15) is 0 Å². The second-order valence-corrected chi connectivity index (χ2v) is 5.29. The molecule has 1 aliphatic rings. The van der Waals surface area contributed by atoms with Gasteiger partial charge in [-0.15, -0.1) is 0 Å². The molecular weight excluding hydrogens is 236 g/mol. The zero-order valence-corrected chi connectivity index (χ0v) is 11.1. The molecule has 2 heterocycles. The van der Waals surface area contributed by atoms with Crippen LogP contribution >= 0.6 is 11.3 Å². The number of thiazole rings is 1. The second kappa shape index (κ2) is 6.33. The van der Waals surface area contributed by atoms with E-state index in [1.807, 2.05) is 0 Å². The van der Waals surface area contributed by atoms with E-state index in [1.165, 1.54) is 0 Å². The van der Waals surface area contributed by atoms with Gasteiger partial charge in [0.05, 0.1) is 23.8 Å². The molecule has 0 spiro atoms. The van der Waals surface area contributed by atoms with Gasteiger partial charge in [0.25, 0.3) is 0 Å². The van der Waals surface area contributed by atoms with Crippen LogP contribution in [0.15, 0.2) is 0 Å². The Kier molecular flexibility index (Phi) is 4.76. The molecule has 0 bridgehead atoms. The molecule has 1 N–H and O–H groups in total. The molecular formula is C12H20N2O2S. The first-order valence-electron chi connectivity index (χ1n) is 6.27. The van der Waals surface area contributed by atoms with Crippen LogP contribution in [0.3, 0.4) is 0 Å². The molecule has 4 nitrogen and oxygen atoms in total. The maximum atomic E-state index is 9.34. The molecule has 0 unspecified atom stereocenters. The van der Waals surface area contributed by atoms with Crippen LogP contribution in [0.1, 0.15) is 30.3 Å². The Labute approximate surface area is 106 Å². The van der Waals surface area contributed by atoms with Crippen molar-refractivity contribution in [2.45, 2.75) is 32.8 Å². The van der Waals surface area contributed by atoms with Crippen molar-refractivity contribution in [2.24, 2.45) is 0 Å². The van der Waals surface area contributed by atoms with E-state index in [0.717, 1.165) is 61.3 Å². The average Bonchev–Trinajstić information content (AvgIpc) is 2.58. The summed E-state index contributed by atoms with van der Waals surface area (Å²) in [5.74, 6) is 0. The van der Waals surface area contributed by atoms with Crippen molar-refractivity contribution in [3.05, 3.63) is 10.6 Å². The van der Waals surface area contributed by atoms with E-state index in [0.29, 0.717) is 0 Å². The van der Waals surface area contributed by atoms with Crippen LogP contribution in [0.2, 0.25) is 0 Å². The molecule has 0 radical (unpaired) electrons. The summed E-state index contributed by atoms with van der Waals surface area (Å²) in [5.41, 5.74) is 1.07. The van der Waals surface area contributed by atoms with Gasteiger partial charge in [-0.05, 0) is 12.8 Å². The number of aryl methyl sites for hydroxylation is 1. The van der Waals surface area contributed by atoms with Crippen LogP contribution in [0, 0.1) is 0 Å². The molecule has 0 amide bonds. The van der Waals surface area contributed by atoms with Gasteiger partial charge in [-0.3, -0.25) is 0 Å². The van der Waals surface area contributed by atoms with E-state index in [2.05, 4.69) is 16.8 Å². The quantitative estimate of drug-likeness (QED) is 0.892. The predicted molar refractivity (Wildman–Crippen MR) is 69.7 cm³/mol. The SMILES string of the molecule is CCCc1nc(N2CCCOCC2)sc1CO. The zero-order valence-electron chi connectivity index (χ0n) is 10.3. The highest BCUT2D eigenvalue weighted by Gasteiger charge is 2.16. The minimum Gasteiger partial charge on any atom is -0.391 e. The summed E-state index contributed by atoms with van der Waals surface area (Å²) in [6.45, 7) is 5.78. The largest absolute Gasteiger partial charge is 0.391 e. The van der Waals surface area contributed by atoms with E-state index >= 15 is 0 Å². The smallest absolute Gasteiger partial charge is 0.185 e. The van der Waals surface area contributed by atoms with Crippen LogP contribution in [-0.2, 0) is 17.8 Å². The number of aliphatic hydroxyl groups excluding tert-OH is 1. The lowest BCUT2D eigenvalue weighted by Crippen LogP contribution is -2.25. The number of ether oxygens (including phenoxy) is 1. The minimum absolute atomic E-state index is 0.108. The number of nitrogens with zero attached hydrogens (tertiary/aromatic N) is 2. The Balaban J connectivity index is 2.13. The fraction of sp³-hybridized carbons (Fsp3) is 0.750. The first kappa shape index (κ1) is 12.8. The predicted octanol–water partition coefficient (Wildman–Crippen LogP) is 1.81. The Bertz CT molecular complexity index is 346. The Hall–Kier alpha value is -0.650. The highest BCUT2D eigenvalue weighted by atomic mass is 32.1. The number of hydrogen-bond donors (Lipinski definition) is 1. The topological polar surface area (TPSA) is 45.6 Å². The summed E-state index contributed by atoms with van der Waals surface area (Å²) in [5, 5.41) is 10.4. The van der Waals surface area contributed by atoms with Gasteiger partial charge in [0.2, 0.25) is 0 Å². The number of rotatable bonds is 4. The molecule has 1 saturated heterocycles. The first-order chi connectivity index (χ1) is 8.35. The lowest BCUT2D eigenvalue weighted by Gasteiger charge is -2.17. The fourth-order valence-corrected chi connectivity index (χ4v) is 3.02. The first-order valence-corrected chi connectivity index (χ1v) is 7.09. The van der Waals surface area contributed by atoms with Crippen LogP contribution < -0.4 is 4.90 Å². The molecule has 0 saturated carbocycles. The van der Waals surface area contributed by atoms with Gasteiger partial charge in [-0.25, -0.2) is 4.98 Å². The molecule has 1 aromatic heterocycles. The second-order valence-electron chi connectivity index (χ2n) is 4.23. The van der Waals surface area contributed by atoms with Gasteiger partial charge in [-0.1, -0.05) is 24.7 Å². The highest BCUT2D eigenvalue weighted by molar-refractivity contribution is 7.15. The molecule has 96 valence electrons. The van der Waals surface area contributed by atoms with Gasteiger partial charge in [0.15, 0.2) is 5.13 Å². The van der Waals surface area contributed by atoms with Gasteiger partial charge in [-0.2, -0.15) is 0 Å². The number of hydrogen-bond acceptors (Lipinski definition) is 5. The Morgan fingerprint density at radius 3 is 3.06 bits per heavy atom. The Morgan fingerprint density at radius 1 is 1.41 bits per heavy atom. The standard InChI is InChI=1S/C12H20N2O2S/c1-2-4-10-11(9-15)17-12(13-10)14-5-3-7-16-8-6-14/h15H,2-9H2,1H3. The van der Waals surface area contributed by atoms with Gasteiger partial charge in [0, 0.05) is 19.7 Å². The van der Waals surface area contributed by atoms with Crippen LogP contribution in [-0.4, -0.2) is 36.4 Å².